The summed E-state index contributed by atoms with van der Waals surface area (Å²) in [4.78, 5) is 31.8. The van der Waals surface area contributed by atoms with Crippen molar-refractivity contribution in [2.45, 2.75) is 32.1 Å². The Hall–Kier alpha value is -2.37. The fourth-order valence-corrected chi connectivity index (χ4v) is 5.21. The lowest BCUT2D eigenvalue weighted by Gasteiger charge is -2.37. The third-order valence-electron chi connectivity index (χ3n) is 6.97. The fraction of sp³-hybridized carbons (Fsp3) is 0.417. The van der Waals surface area contributed by atoms with Gasteiger partial charge in [0, 0.05) is 29.4 Å². The molecule has 2 N–H and O–H groups in total. The van der Waals surface area contributed by atoms with Crippen LogP contribution in [0.2, 0.25) is 0 Å². The maximum atomic E-state index is 13.5. The van der Waals surface area contributed by atoms with Gasteiger partial charge in [0.25, 0.3) is 5.91 Å². The number of carbonyl (C=O) groups is 1. The third-order valence-corrected chi connectivity index (χ3v) is 6.97. The van der Waals surface area contributed by atoms with Gasteiger partial charge in [-0.3, -0.25) is 9.59 Å². The molecule has 0 radical (unpaired) electrons. The zero-order chi connectivity index (χ0) is 19.8. The number of amides is 1. The average molecular weight is 426 g/mol. The van der Waals surface area contributed by atoms with Gasteiger partial charge in [0.15, 0.2) is 5.43 Å². The number of piperidine rings is 1. The molecule has 5 rings (SSSR count). The molecule has 2 aliphatic heterocycles. The van der Waals surface area contributed by atoms with E-state index in [1.54, 1.807) is 0 Å². The number of likely N-dealkylation sites (tertiary alicyclic amines) is 1. The van der Waals surface area contributed by atoms with Crippen molar-refractivity contribution >= 4 is 40.1 Å². The number of rotatable bonds is 1. The highest BCUT2D eigenvalue weighted by Crippen LogP contribution is 2.39. The highest BCUT2D eigenvalue weighted by molar-refractivity contribution is 6.07. The molecule has 30 heavy (non-hydrogen) atoms. The summed E-state index contributed by atoms with van der Waals surface area (Å²) < 4.78 is 0. The van der Waals surface area contributed by atoms with Gasteiger partial charge < -0.3 is 15.2 Å². The van der Waals surface area contributed by atoms with Crippen molar-refractivity contribution in [1.82, 2.24) is 15.2 Å². The van der Waals surface area contributed by atoms with Crippen LogP contribution >= 0.6 is 12.4 Å². The Balaban J connectivity index is 0.00000218. The Bertz CT molecular complexity index is 1130. The molecule has 0 aliphatic carbocycles. The number of para-hydroxylation sites is 2. The van der Waals surface area contributed by atoms with E-state index in [-0.39, 0.29) is 23.7 Å². The van der Waals surface area contributed by atoms with Crippen molar-refractivity contribution in [3.05, 3.63) is 58.3 Å². The molecule has 0 bridgehead atoms. The number of aromatic nitrogens is 1. The number of hydrogen-bond donors (Lipinski definition) is 2. The molecule has 158 valence electrons. The molecule has 1 spiro atoms. The average Bonchev–Trinajstić information content (AvgIpc) is 2.96. The first-order valence-electron chi connectivity index (χ1n) is 10.7. The van der Waals surface area contributed by atoms with Gasteiger partial charge in [-0.1, -0.05) is 18.2 Å². The van der Waals surface area contributed by atoms with Crippen LogP contribution in [0.15, 0.2) is 47.3 Å². The van der Waals surface area contributed by atoms with E-state index in [1.165, 1.54) is 19.3 Å². The number of pyridine rings is 1. The van der Waals surface area contributed by atoms with E-state index in [0.717, 1.165) is 44.5 Å². The number of H-pyrrole nitrogens is 1. The Morgan fingerprint density at radius 1 is 0.900 bits per heavy atom. The lowest BCUT2D eigenvalue weighted by molar-refractivity contribution is 0.0752. The lowest BCUT2D eigenvalue weighted by Crippen LogP contribution is -2.38. The topological polar surface area (TPSA) is 65.2 Å². The molecular formula is C24H28ClN3O2. The molecule has 2 aliphatic rings. The standard InChI is InChI=1S/C24H27N3O2.ClH/c28-22-17-5-1-2-8-20(17)26-21-18(22)6-3-7-19(21)23(29)27-15-4-9-24(12-16-27)10-13-25-14-11-24;/h1-3,5-8,25H,4,9-16H2,(H,26,28);1H. The summed E-state index contributed by atoms with van der Waals surface area (Å²) in [6, 6.07) is 13.0. The number of fused-ring (bicyclic) bond motifs is 2. The van der Waals surface area contributed by atoms with E-state index in [2.05, 4.69) is 10.3 Å². The molecule has 0 atom stereocenters. The minimum absolute atomic E-state index is 0. The number of carbonyl (C=O) groups excluding carboxylic acids is 1. The summed E-state index contributed by atoms with van der Waals surface area (Å²) >= 11 is 0. The molecule has 2 saturated heterocycles. The molecule has 0 unspecified atom stereocenters. The van der Waals surface area contributed by atoms with E-state index in [4.69, 9.17) is 0 Å². The van der Waals surface area contributed by atoms with Gasteiger partial charge in [0.1, 0.15) is 0 Å². The second-order valence-corrected chi connectivity index (χ2v) is 8.62. The van der Waals surface area contributed by atoms with Crippen LogP contribution in [0.5, 0.6) is 0 Å². The van der Waals surface area contributed by atoms with Gasteiger partial charge in [0.05, 0.1) is 11.1 Å². The minimum atomic E-state index is -0.0199. The van der Waals surface area contributed by atoms with Crippen molar-refractivity contribution in [2.75, 3.05) is 26.2 Å². The van der Waals surface area contributed by atoms with E-state index >= 15 is 0 Å². The van der Waals surface area contributed by atoms with Crippen molar-refractivity contribution in [3.63, 3.8) is 0 Å². The van der Waals surface area contributed by atoms with Gasteiger partial charge in [-0.05, 0) is 74.9 Å². The van der Waals surface area contributed by atoms with Gasteiger partial charge in [0.2, 0.25) is 0 Å². The SMILES string of the molecule is Cl.O=C(c1cccc2c(=O)c3ccccc3[nH]c12)N1CCCC2(CCNCC2)CC1. The first kappa shape index (κ1) is 20.9. The summed E-state index contributed by atoms with van der Waals surface area (Å²) in [6.45, 7) is 3.77. The smallest absolute Gasteiger partial charge is 0.255 e. The fourth-order valence-electron chi connectivity index (χ4n) is 5.21. The van der Waals surface area contributed by atoms with Crippen LogP contribution in [0.1, 0.15) is 42.5 Å². The summed E-state index contributed by atoms with van der Waals surface area (Å²) in [5.41, 5.74) is 2.40. The zero-order valence-electron chi connectivity index (χ0n) is 17.1. The first-order chi connectivity index (χ1) is 14.2. The first-order valence-corrected chi connectivity index (χ1v) is 10.7. The normalized spacial score (nSPS) is 18.9. The molecule has 1 amide bonds. The van der Waals surface area contributed by atoms with Crippen LogP contribution in [0.25, 0.3) is 21.8 Å². The van der Waals surface area contributed by atoms with E-state index in [1.807, 2.05) is 47.4 Å². The molecule has 0 saturated carbocycles. The highest BCUT2D eigenvalue weighted by atomic mass is 35.5. The van der Waals surface area contributed by atoms with Crippen LogP contribution < -0.4 is 10.7 Å². The summed E-state index contributed by atoms with van der Waals surface area (Å²) in [5, 5.41) is 4.70. The van der Waals surface area contributed by atoms with E-state index in [0.29, 0.717) is 27.3 Å². The van der Waals surface area contributed by atoms with Crippen molar-refractivity contribution in [2.24, 2.45) is 5.41 Å². The Labute approximate surface area is 182 Å². The molecule has 5 nitrogen and oxygen atoms in total. The summed E-state index contributed by atoms with van der Waals surface area (Å²) in [6.07, 6.45) is 5.75. The van der Waals surface area contributed by atoms with Crippen LogP contribution in [0.4, 0.5) is 0 Å². The Kier molecular flexibility index (Phi) is 5.85. The molecule has 3 aromatic rings. The Morgan fingerprint density at radius 3 is 2.50 bits per heavy atom. The molecule has 6 heteroatoms. The van der Waals surface area contributed by atoms with Crippen LogP contribution in [-0.2, 0) is 0 Å². The number of nitrogens with zero attached hydrogens (tertiary/aromatic N) is 1. The van der Waals surface area contributed by atoms with Crippen LogP contribution in [0.3, 0.4) is 0 Å². The molecule has 2 aromatic carbocycles. The molecule has 2 fully saturated rings. The third kappa shape index (κ3) is 3.61. The summed E-state index contributed by atoms with van der Waals surface area (Å²) in [7, 11) is 0. The summed E-state index contributed by atoms with van der Waals surface area (Å²) in [5.74, 6) is 0.0347. The van der Waals surface area contributed by atoms with Gasteiger partial charge >= 0.3 is 0 Å². The molecular weight excluding hydrogens is 398 g/mol. The second-order valence-electron chi connectivity index (χ2n) is 8.62. The zero-order valence-corrected chi connectivity index (χ0v) is 17.9. The van der Waals surface area contributed by atoms with Crippen LogP contribution in [0, 0.1) is 5.41 Å². The maximum absolute atomic E-state index is 13.5. The van der Waals surface area contributed by atoms with E-state index in [9.17, 15) is 9.59 Å². The van der Waals surface area contributed by atoms with Crippen LogP contribution in [-0.4, -0.2) is 42.0 Å². The number of aromatic amines is 1. The van der Waals surface area contributed by atoms with Crippen molar-refractivity contribution < 1.29 is 4.79 Å². The number of hydrogen-bond acceptors (Lipinski definition) is 3. The lowest BCUT2D eigenvalue weighted by atomic mass is 9.73. The van der Waals surface area contributed by atoms with Crippen molar-refractivity contribution in [1.29, 1.82) is 0 Å². The quantitative estimate of drug-likeness (QED) is 0.577. The Morgan fingerprint density at radius 2 is 1.67 bits per heavy atom. The van der Waals surface area contributed by atoms with Gasteiger partial charge in [-0.2, -0.15) is 0 Å². The highest BCUT2D eigenvalue weighted by Gasteiger charge is 2.35. The van der Waals surface area contributed by atoms with Gasteiger partial charge in [-0.25, -0.2) is 0 Å². The maximum Gasteiger partial charge on any atom is 0.255 e. The predicted molar refractivity (Wildman–Crippen MR) is 124 cm³/mol. The molecule has 1 aromatic heterocycles. The second kappa shape index (κ2) is 8.40. The number of halogens is 1. The number of nitrogens with one attached hydrogen (secondary N) is 2. The number of benzene rings is 2. The predicted octanol–water partition coefficient (Wildman–Crippen LogP) is 4.10. The van der Waals surface area contributed by atoms with Crippen molar-refractivity contribution in [3.8, 4) is 0 Å². The largest absolute Gasteiger partial charge is 0.354 e. The minimum Gasteiger partial charge on any atom is -0.354 e. The monoisotopic (exact) mass is 425 g/mol. The van der Waals surface area contributed by atoms with E-state index < -0.39 is 0 Å². The van der Waals surface area contributed by atoms with Gasteiger partial charge in [-0.15, -0.1) is 12.4 Å². The molecule has 3 heterocycles.